The van der Waals surface area contributed by atoms with Gasteiger partial charge in [-0.15, -0.1) is 0 Å². The van der Waals surface area contributed by atoms with E-state index in [0.717, 1.165) is 55.4 Å². The number of carbonyl (C=O) groups is 2. The lowest BCUT2D eigenvalue weighted by Gasteiger charge is -2.49. The van der Waals surface area contributed by atoms with Gasteiger partial charge >= 0.3 is 6.18 Å². The first-order valence-electron chi connectivity index (χ1n) is 13.1. The van der Waals surface area contributed by atoms with Gasteiger partial charge in [0.1, 0.15) is 12.6 Å². The summed E-state index contributed by atoms with van der Waals surface area (Å²) in [6.45, 7) is 10.3. The molecule has 0 aromatic heterocycles. The number of aldehydes is 2. The molecule has 38 heavy (non-hydrogen) atoms. The molecule has 5 atom stereocenters. The van der Waals surface area contributed by atoms with Gasteiger partial charge in [0, 0.05) is 22.9 Å². The number of carbonyl (C=O) groups excluding carboxylic acids is 2. The molecule has 216 valence electrons. The monoisotopic (exact) mass is 559 g/mol. The molecule has 0 spiro atoms. The molecule has 0 amide bonds. The molecule has 0 radical (unpaired) electrons. The van der Waals surface area contributed by atoms with Crippen LogP contribution in [0.25, 0.3) is 0 Å². The van der Waals surface area contributed by atoms with Crippen molar-refractivity contribution in [2.24, 2.45) is 28.3 Å². The summed E-state index contributed by atoms with van der Waals surface area (Å²) in [5, 5.41) is 5.71. The fraction of sp³-hybridized carbons (Fsp3) is 0.714. The van der Waals surface area contributed by atoms with E-state index in [4.69, 9.17) is 4.91 Å². The highest BCUT2D eigenvalue weighted by atomic mass is 32.2. The highest BCUT2D eigenvalue weighted by Gasteiger charge is 2.45. The Hall–Kier alpha value is -1.78. The third kappa shape index (κ3) is 9.75. The van der Waals surface area contributed by atoms with E-state index in [2.05, 4.69) is 31.4 Å². The lowest BCUT2D eigenvalue weighted by molar-refractivity contribution is -0.139. The van der Waals surface area contributed by atoms with Crippen molar-refractivity contribution in [2.75, 3.05) is 20.6 Å². The molecular weight excluding hydrogens is 515 g/mol. The molecular formula is C28H44F3N3O3S. The van der Waals surface area contributed by atoms with E-state index in [1.54, 1.807) is 24.2 Å². The maximum absolute atomic E-state index is 13.0. The van der Waals surface area contributed by atoms with Crippen molar-refractivity contribution in [2.45, 2.75) is 89.4 Å². The molecule has 2 saturated carbocycles. The van der Waals surface area contributed by atoms with Gasteiger partial charge in [0.2, 0.25) is 0 Å². The van der Waals surface area contributed by atoms with Crippen LogP contribution in [0.15, 0.2) is 34.3 Å². The molecule has 1 aromatic rings. The SMILES string of the molecule is CCCN(Sc1ccccc1C(F)(F)F)C(C)(C)C=O.CN=O.CNC1C(C)CC2CC1CC(C)(C=O)C2. The minimum absolute atomic E-state index is 0.0389. The summed E-state index contributed by atoms with van der Waals surface area (Å²) in [7, 11) is 3.26. The number of hydrogen-bond acceptors (Lipinski definition) is 7. The molecule has 2 aliphatic rings. The first-order chi connectivity index (χ1) is 17.7. The standard InChI is InChI=1S/C14H18F3NOS.C13H23NO.CH3NO/c1-4-9-18(13(2,3)10-19)20-12-8-6-5-7-11(12)14(15,16)17;1-9-4-10-5-11(12(9)14-3)7-13(2,6-10)8-15;1-2-3/h5-8,10H,4,9H2,1-3H3;8-12,14H,4-7H2,1-3H3;1H3. The van der Waals surface area contributed by atoms with E-state index < -0.39 is 17.3 Å². The second kappa shape index (κ2) is 15.1. The van der Waals surface area contributed by atoms with Gasteiger partial charge in [-0.3, -0.25) is 0 Å². The largest absolute Gasteiger partial charge is 0.417 e. The molecule has 0 heterocycles. The Morgan fingerprint density at radius 2 is 1.79 bits per heavy atom. The Labute approximate surface area is 230 Å². The Bertz CT molecular complexity index is 898. The van der Waals surface area contributed by atoms with Crippen LogP contribution in [-0.2, 0) is 15.8 Å². The van der Waals surface area contributed by atoms with Gasteiger partial charge in [0.25, 0.3) is 0 Å². The zero-order valence-electron chi connectivity index (χ0n) is 23.7. The molecule has 10 heteroatoms. The summed E-state index contributed by atoms with van der Waals surface area (Å²) in [5.41, 5.74) is -1.53. The summed E-state index contributed by atoms with van der Waals surface area (Å²) in [6, 6.07) is 6.04. The summed E-state index contributed by atoms with van der Waals surface area (Å²) >= 11 is 0.980. The van der Waals surface area contributed by atoms with Crippen LogP contribution in [0.4, 0.5) is 13.2 Å². The van der Waals surface area contributed by atoms with Crippen molar-refractivity contribution in [1.82, 2.24) is 9.62 Å². The smallest absolute Gasteiger partial charge is 0.316 e. The molecule has 0 saturated heterocycles. The third-order valence-electron chi connectivity index (χ3n) is 7.32. The van der Waals surface area contributed by atoms with Gasteiger partial charge < -0.3 is 14.9 Å². The highest BCUT2D eigenvalue weighted by Crippen LogP contribution is 2.49. The van der Waals surface area contributed by atoms with E-state index in [1.807, 2.05) is 6.92 Å². The molecule has 2 fully saturated rings. The predicted molar refractivity (Wildman–Crippen MR) is 148 cm³/mol. The van der Waals surface area contributed by atoms with Gasteiger partial charge in [-0.2, -0.15) is 18.1 Å². The van der Waals surface area contributed by atoms with Crippen LogP contribution >= 0.6 is 11.9 Å². The lowest BCUT2D eigenvalue weighted by atomic mass is 9.58. The van der Waals surface area contributed by atoms with Gasteiger partial charge in [0.05, 0.1) is 18.2 Å². The zero-order valence-corrected chi connectivity index (χ0v) is 24.5. The van der Waals surface area contributed by atoms with Crippen LogP contribution < -0.4 is 5.32 Å². The summed E-state index contributed by atoms with van der Waals surface area (Å²) in [5.74, 6) is 2.28. The number of nitrogens with zero attached hydrogens (tertiary/aromatic N) is 2. The molecule has 6 nitrogen and oxygen atoms in total. The molecule has 1 N–H and O–H groups in total. The molecule has 1 aromatic carbocycles. The summed E-state index contributed by atoms with van der Waals surface area (Å²) < 4.78 is 40.6. The minimum Gasteiger partial charge on any atom is -0.316 e. The fourth-order valence-corrected chi connectivity index (χ4v) is 6.97. The number of nitroso groups, excluding NO2 is 1. The molecule has 5 unspecified atom stereocenters. The van der Waals surface area contributed by atoms with Crippen molar-refractivity contribution in [3.63, 3.8) is 0 Å². The summed E-state index contributed by atoms with van der Waals surface area (Å²) in [4.78, 5) is 31.0. The average Bonchev–Trinajstić information content (AvgIpc) is 2.84. The minimum atomic E-state index is -4.40. The van der Waals surface area contributed by atoms with E-state index in [9.17, 15) is 22.8 Å². The van der Waals surface area contributed by atoms with Crippen LogP contribution in [0, 0.1) is 28.1 Å². The molecule has 2 bridgehead atoms. The quantitative estimate of drug-likeness (QED) is 0.209. The fourth-order valence-electron chi connectivity index (χ4n) is 5.76. The second-order valence-electron chi connectivity index (χ2n) is 11.2. The van der Waals surface area contributed by atoms with E-state index in [1.165, 1.54) is 38.3 Å². The average molecular weight is 560 g/mol. The van der Waals surface area contributed by atoms with Crippen molar-refractivity contribution in [1.29, 1.82) is 0 Å². The van der Waals surface area contributed by atoms with Gasteiger partial charge in [-0.25, -0.2) is 4.31 Å². The van der Waals surface area contributed by atoms with Crippen LogP contribution in [-0.4, -0.2) is 49.1 Å². The number of alkyl halides is 3. The normalized spacial score (nSPS) is 26.8. The van der Waals surface area contributed by atoms with E-state index >= 15 is 0 Å². The molecule has 2 aliphatic carbocycles. The van der Waals surface area contributed by atoms with Gasteiger partial charge in [0.15, 0.2) is 0 Å². The van der Waals surface area contributed by atoms with Crippen molar-refractivity contribution in [3.8, 4) is 0 Å². The summed E-state index contributed by atoms with van der Waals surface area (Å²) in [6.07, 6.45) is 3.15. The number of halogens is 3. The number of fused-ring (bicyclic) bond motifs is 2. The van der Waals surface area contributed by atoms with Gasteiger partial charge in [-0.05, 0) is 94.8 Å². The first-order valence-corrected chi connectivity index (χ1v) is 13.9. The van der Waals surface area contributed by atoms with Gasteiger partial charge in [-0.1, -0.05) is 38.1 Å². The third-order valence-corrected chi connectivity index (χ3v) is 8.75. The zero-order chi connectivity index (χ0) is 29.1. The van der Waals surface area contributed by atoms with Crippen LogP contribution in [0.2, 0.25) is 0 Å². The van der Waals surface area contributed by atoms with Crippen molar-refractivity contribution < 1.29 is 22.8 Å². The van der Waals surface area contributed by atoms with Crippen LogP contribution in [0.5, 0.6) is 0 Å². The Morgan fingerprint density at radius 3 is 2.29 bits per heavy atom. The van der Waals surface area contributed by atoms with E-state index in [-0.39, 0.29) is 10.3 Å². The van der Waals surface area contributed by atoms with Crippen LogP contribution in [0.1, 0.15) is 72.3 Å². The number of nitrogens with one attached hydrogen (secondary N) is 1. The Balaban J connectivity index is 0.000000354. The second-order valence-corrected chi connectivity index (χ2v) is 12.3. The Morgan fingerprint density at radius 1 is 1.18 bits per heavy atom. The Kier molecular flexibility index (Phi) is 13.6. The first kappa shape index (κ1) is 34.2. The van der Waals surface area contributed by atoms with Crippen molar-refractivity contribution >= 4 is 24.5 Å². The maximum Gasteiger partial charge on any atom is 0.417 e. The molecule has 0 aliphatic heterocycles. The predicted octanol–water partition coefficient (Wildman–Crippen LogP) is 7.02. The lowest BCUT2D eigenvalue weighted by Crippen LogP contribution is -2.50. The topological polar surface area (TPSA) is 78.8 Å². The number of hydrogen-bond donors (Lipinski definition) is 1. The maximum atomic E-state index is 13.0. The highest BCUT2D eigenvalue weighted by molar-refractivity contribution is 7.97. The van der Waals surface area contributed by atoms with E-state index in [0.29, 0.717) is 18.5 Å². The number of benzene rings is 1. The van der Waals surface area contributed by atoms with Crippen molar-refractivity contribution in [3.05, 3.63) is 34.7 Å². The van der Waals surface area contributed by atoms with Crippen LogP contribution in [0.3, 0.4) is 0 Å². The number of rotatable bonds is 8. The molecule has 3 rings (SSSR count).